The van der Waals surface area contributed by atoms with Crippen molar-refractivity contribution in [3.63, 3.8) is 0 Å². The second kappa shape index (κ2) is 9.17. The number of hydrogen-bond donors (Lipinski definition) is 4. The molecule has 0 spiro atoms. The van der Waals surface area contributed by atoms with Crippen molar-refractivity contribution in [2.75, 3.05) is 12.4 Å². The maximum atomic E-state index is 13.0. The molecule has 170 valence electrons. The maximum Gasteiger partial charge on any atom is 0.339 e. The van der Waals surface area contributed by atoms with Crippen molar-refractivity contribution in [3.8, 4) is 28.0 Å². The van der Waals surface area contributed by atoms with Crippen molar-refractivity contribution in [3.05, 3.63) is 70.8 Å². The third-order valence-electron chi connectivity index (χ3n) is 4.90. The van der Waals surface area contributed by atoms with Crippen molar-refractivity contribution < 1.29 is 28.6 Å². The Bertz CT molecular complexity index is 1320. The van der Waals surface area contributed by atoms with Crippen LogP contribution in [0.15, 0.2) is 48.8 Å². The summed E-state index contributed by atoms with van der Waals surface area (Å²) in [6, 6.07) is 8.89. The summed E-state index contributed by atoms with van der Waals surface area (Å²) in [5.41, 5.74) is 8.32. The standard InChI is InChI=1S/C23H19ClFN3O5/c1-10(25)22(30)28-13-5-7-14(16(24)9-13)18-11(2)27-20(21(26)29)19(18)12-4-6-15(23(31)32)17(8-12)33-3/h4-9,27H,1H2,2-3H3,(H2,26,29)(H,28,30)(H,31,32). The molecule has 0 bridgehead atoms. The van der Waals surface area contributed by atoms with Crippen molar-refractivity contribution in [2.24, 2.45) is 5.73 Å². The Labute approximate surface area is 192 Å². The number of aromatic amines is 1. The number of aryl methyl sites for hydroxylation is 1. The van der Waals surface area contributed by atoms with E-state index in [0.29, 0.717) is 27.9 Å². The monoisotopic (exact) mass is 471 g/mol. The van der Waals surface area contributed by atoms with Gasteiger partial charge in [0.2, 0.25) is 0 Å². The third-order valence-corrected chi connectivity index (χ3v) is 5.21. The number of carboxylic acids is 1. The number of halogens is 2. The Morgan fingerprint density at radius 3 is 2.42 bits per heavy atom. The van der Waals surface area contributed by atoms with Gasteiger partial charge >= 0.3 is 5.97 Å². The van der Waals surface area contributed by atoms with Gasteiger partial charge in [0.15, 0.2) is 5.83 Å². The molecule has 0 radical (unpaired) electrons. The Morgan fingerprint density at radius 1 is 1.18 bits per heavy atom. The van der Waals surface area contributed by atoms with E-state index in [1.54, 1.807) is 13.0 Å². The van der Waals surface area contributed by atoms with Gasteiger partial charge in [0, 0.05) is 28.1 Å². The Kier molecular flexibility index (Phi) is 6.55. The van der Waals surface area contributed by atoms with E-state index >= 15 is 0 Å². The molecular weight excluding hydrogens is 453 g/mol. The van der Waals surface area contributed by atoms with Gasteiger partial charge in [0.05, 0.1) is 12.1 Å². The summed E-state index contributed by atoms with van der Waals surface area (Å²) in [5, 5.41) is 11.9. The van der Waals surface area contributed by atoms with Crippen LogP contribution in [0.25, 0.3) is 22.3 Å². The van der Waals surface area contributed by atoms with Crippen LogP contribution in [0.5, 0.6) is 5.75 Å². The first-order chi connectivity index (χ1) is 15.5. The number of carbonyl (C=O) groups is 3. The zero-order valence-electron chi connectivity index (χ0n) is 17.6. The van der Waals surface area contributed by atoms with Crippen LogP contribution in [0.2, 0.25) is 5.02 Å². The lowest BCUT2D eigenvalue weighted by atomic mass is 9.93. The van der Waals surface area contributed by atoms with Crippen LogP contribution in [-0.2, 0) is 4.79 Å². The lowest BCUT2D eigenvalue weighted by molar-refractivity contribution is -0.114. The first-order valence-electron chi connectivity index (χ1n) is 9.44. The van der Waals surface area contributed by atoms with Crippen LogP contribution < -0.4 is 15.8 Å². The Hall–Kier alpha value is -4.11. The molecule has 0 unspecified atom stereocenters. The van der Waals surface area contributed by atoms with E-state index in [0.717, 1.165) is 0 Å². The third kappa shape index (κ3) is 4.58. The van der Waals surface area contributed by atoms with E-state index in [4.69, 9.17) is 22.1 Å². The fourth-order valence-corrected chi connectivity index (χ4v) is 3.73. The van der Waals surface area contributed by atoms with Gasteiger partial charge in [0.25, 0.3) is 11.8 Å². The number of anilines is 1. The van der Waals surface area contributed by atoms with E-state index in [-0.39, 0.29) is 27.7 Å². The minimum absolute atomic E-state index is 0.0525. The Morgan fingerprint density at radius 2 is 1.88 bits per heavy atom. The minimum atomic E-state index is -1.17. The number of aromatic nitrogens is 1. The molecular formula is C23H19ClFN3O5. The number of H-pyrrole nitrogens is 1. The largest absolute Gasteiger partial charge is 0.496 e. The van der Waals surface area contributed by atoms with Crippen LogP contribution in [-0.4, -0.2) is 35.0 Å². The smallest absolute Gasteiger partial charge is 0.339 e. The molecule has 1 aromatic heterocycles. The molecule has 3 aromatic rings. The number of primary amides is 1. The molecule has 3 rings (SSSR count). The van der Waals surface area contributed by atoms with Crippen molar-refractivity contribution in [2.45, 2.75) is 6.92 Å². The molecule has 0 aliphatic carbocycles. The SMILES string of the molecule is C=C(F)C(=O)Nc1ccc(-c2c(C)[nH]c(C(N)=O)c2-c2ccc(C(=O)O)c(OC)c2)c(Cl)c1. The number of benzene rings is 2. The van der Waals surface area contributed by atoms with Crippen LogP contribution in [0.3, 0.4) is 0 Å². The van der Waals surface area contributed by atoms with E-state index in [1.807, 2.05) is 0 Å². The molecule has 8 nitrogen and oxygen atoms in total. The summed E-state index contributed by atoms with van der Waals surface area (Å²) >= 11 is 6.47. The summed E-state index contributed by atoms with van der Waals surface area (Å²) in [5.74, 6) is -3.96. The molecule has 1 heterocycles. The number of hydrogen-bond acceptors (Lipinski definition) is 4. The lowest BCUT2D eigenvalue weighted by Gasteiger charge is -2.13. The summed E-state index contributed by atoms with van der Waals surface area (Å²) < 4.78 is 18.2. The van der Waals surface area contributed by atoms with Gasteiger partial charge in [-0.25, -0.2) is 9.18 Å². The molecule has 0 aliphatic rings. The number of ether oxygens (including phenoxy) is 1. The predicted octanol–water partition coefficient (Wildman–Crippen LogP) is 4.54. The van der Waals surface area contributed by atoms with Crippen molar-refractivity contribution in [1.29, 1.82) is 0 Å². The van der Waals surface area contributed by atoms with Gasteiger partial charge in [-0.2, -0.15) is 0 Å². The molecule has 0 saturated carbocycles. The number of amides is 2. The zero-order valence-corrected chi connectivity index (χ0v) is 18.3. The quantitative estimate of drug-likeness (QED) is 0.375. The number of aromatic carboxylic acids is 1. The van der Waals surface area contributed by atoms with Gasteiger partial charge in [0.1, 0.15) is 17.0 Å². The molecule has 0 saturated heterocycles. The van der Waals surface area contributed by atoms with E-state index in [9.17, 15) is 23.9 Å². The average Bonchev–Trinajstić information content (AvgIpc) is 3.10. The summed E-state index contributed by atoms with van der Waals surface area (Å²) in [6.07, 6.45) is 0. The Balaban J connectivity index is 2.21. The summed E-state index contributed by atoms with van der Waals surface area (Å²) in [4.78, 5) is 38.1. The average molecular weight is 472 g/mol. The highest BCUT2D eigenvalue weighted by Gasteiger charge is 2.24. The highest BCUT2D eigenvalue weighted by atomic mass is 35.5. The highest BCUT2D eigenvalue weighted by molar-refractivity contribution is 6.34. The van der Waals surface area contributed by atoms with Crippen molar-refractivity contribution >= 4 is 35.1 Å². The number of nitrogens with one attached hydrogen (secondary N) is 2. The van der Waals surface area contributed by atoms with E-state index in [1.165, 1.54) is 37.4 Å². The number of carboxylic acid groups (broad SMARTS) is 1. The molecule has 2 amide bonds. The molecule has 10 heteroatoms. The van der Waals surface area contributed by atoms with Crippen LogP contribution in [0.1, 0.15) is 26.5 Å². The molecule has 0 fully saturated rings. The summed E-state index contributed by atoms with van der Waals surface area (Å²) in [6.45, 7) is 4.65. The lowest BCUT2D eigenvalue weighted by Crippen LogP contribution is -2.13. The normalized spacial score (nSPS) is 10.5. The zero-order chi connectivity index (χ0) is 24.4. The first-order valence-corrected chi connectivity index (χ1v) is 9.82. The fraction of sp³-hybridized carbons (Fsp3) is 0.0870. The highest BCUT2D eigenvalue weighted by Crippen LogP contribution is 2.42. The van der Waals surface area contributed by atoms with Crippen LogP contribution >= 0.6 is 11.6 Å². The second-order valence-corrected chi connectivity index (χ2v) is 7.42. The number of nitrogens with two attached hydrogens (primary N) is 1. The molecule has 5 N–H and O–H groups in total. The molecule has 2 aromatic carbocycles. The fourth-order valence-electron chi connectivity index (χ4n) is 3.45. The van der Waals surface area contributed by atoms with Gasteiger partial charge in [-0.05, 0) is 36.8 Å². The molecule has 0 aliphatic heterocycles. The first kappa shape index (κ1) is 23.6. The van der Waals surface area contributed by atoms with Gasteiger partial charge < -0.3 is 25.9 Å². The number of rotatable bonds is 7. The summed E-state index contributed by atoms with van der Waals surface area (Å²) in [7, 11) is 1.33. The molecule has 0 atom stereocenters. The van der Waals surface area contributed by atoms with E-state index < -0.39 is 23.6 Å². The minimum Gasteiger partial charge on any atom is -0.496 e. The maximum absolute atomic E-state index is 13.0. The van der Waals surface area contributed by atoms with Crippen LogP contribution in [0.4, 0.5) is 10.1 Å². The molecule has 33 heavy (non-hydrogen) atoms. The van der Waals surface area contributed by atoms with Gasteiger partial charge in [-0.3, -0.25) is 9.59 Å². The van der Waals surface area contributed by atoms with Crippen molar-refractivity contribution in [1.82, 2.24) is 4.98 Å². The van der Waals surface area contributed by atoms with E-state index in [2.05, 4.69) is 16.9 Å². The number of carbonyl (C=O) groups excluding carboxylic acids is 2. The topological polar surface area (TPSA) is 135 Å². The van der Waals surface area contributed by atoms with Crippen LogP contribution in [0, 0.1) is 6.92 Å². The predicted molar refractivity (Wildman–Crippen MR) is 122 cm³/mol. The van der Waals surface area contributed by atoms with Gasteiger partial charge in [-0.15, -0.1) is 0 Å². The second-order valence-electron chi connectivity index (χ2n) is 7.01. The number of methoxy groups -OCH3 is 1. The van der Waals surface area contributed by atoms with Gasteiger partial charge in [-0.1, -0.05) is 30.3 Å².